The molecule has 5 rings (SSSR count). The highest BCUT2D eigenvalue weighted by Crippen LogP contribution is 2.37. The molecule has 8 nitrogen and oxygen atoms in total. The first-order chi connectivity index (χ1) is 18.1. The van der Waals surface area contributed by atoms with Gasteiger partial charge in [-0.05, 0) is 35.7 Å². The molecule has 1 aromatic heterocycles. The second kappa shape index (κ2) is 10.2. The molecule has 3 aliphatic rings. The molecule has 3 aliphatic heterocycles. The van der Waals surface area contributed by atoms with Gasteiger partial charge in [-0.2, -0.15) is 13.2 Å². The summed E-state index contributed by atoms with van der Waals surface area (Å²) < 4.78 is 42.3. The SMILES string of the molecule is CCN1CCN(Cc2ccc(NC3=NC=C4C(N3C)N(C)c3ccsc3C(=O)N4C)cc2C(F)(F)F)CC1. The summed E-state index contributed by atoms with van der Waals surface area (Å²) in [5.41, 5.74) is 1.41. The van der Waals surface area contributed by atoms with Crippen molar-refractivity contribution in [2.75, 3.05) is 64.1 Å². The number of thiophene rings is 1. The Kier molecular flexibility index (Phi) is 7.14. The lowest BCUT2D eigenvalue weighted by atomic mass is 10.0. The Hall–Kier alpha value is -3.09. The highest BCUT2D eigenvalue weighted by molar-refractivity contribution is 7.12. The lowest BCUT2D eigenvalue weighted by Crippen LogP contribution is -2.54. The van der Waals surface area contributed by atoms with Gasteiger partial charge in [0.25, 0.3) is 5.91 Å². The fraction of sp³-hybridized carbons (Fsp3) is 0.462. The van der Waals surface area contributed by atoms with Gasteiger partial charge in [-0.3, -0.25) is 9.69 Å². The molecule has 2 aromatic rings. The molecule has 1 atom stereocenters. The van der Waals surface area contributed by atoms with Gasteiger partial charge < -0.3 is 24.9 Å². The minimum Gasteiger partial charge on any atom is -0.348 e. The zero-order chi connectivity index (χ0) is 27.2. The Balaban J connectivity index is 1.39. The molecule has 1 amide bonds. The van der Waals surface area contributed by atoms with E-state index in [4.69, 9.17) is 0 Å². The minimum atomic E-state index is -4.48. The zero-order valence-electron chi connectivity index (χ0n) is 21.9. The smallest absolute Gasteiger partial charge is 0.348 e. The number of piperazine rings is 1. The number of benzene rings is 1. The van der Waals surface area contributed by atoms with Gasteiger partial charge in [0.15, 0.2) is 0 Å². The van der Waals surface area contributed by atoms with Crippen LogP contribution < -0.4 is 10.2 Å². The number of fused-ring (bicyclic) bond motifs is 2. The van der Waals surface area contributed by atoms with Crippen LogP contribution >= 0.6 is 11.3 Å². The number of nitrogens with zero attached hydrogens (tertiary/aromatic N) is 6. The average Bonchev–Trinajstić information content (AvgIpc) is 3.37. The molecule has 1 N–H and O–H groups in total. The summed E-state index contributed by atoms with van der Waals surface area (Å²) in [7, 11) is 5.42. The van der Waals surface area contributed by atoms with Crippen LogP contribution in [0.4, 0.5) is 24.5 Å². The van der Waals surface area contributed by atoms with Gasteiger partial charge >= 0.3 is 6.18 Å². The number of amides is 1. The van der Waals surface area contributed by atoms with Crippen LogP contribution in [0.1, 0.15) is 27.7 Å². The van der Waals surface area contributed by atoms with E-state index >= 15 is 0 Å². The van der Waals surface area contributed by atoms with Crippen molar-refractivity contribution in [3.8, 4) is 0 Å². The first kappa shape index (κ1) is 26.5. The molecule has 0 bridgehead atoms. The molecule has 1 aromatic carbocycles. The van der Waals surface area contributed by atoms with E-state index in [2.05, 4.69) is 27.0 Å². The number of alkyl halides is 3. The van der Waals surface area contributed by atoms with Gasteiger partial charge in [-0.25, -0.2) is 4.99 Å². The summed E-state index contributed by atoms with van der Waals surface area (Å²) >= 11 is 1.38. The number of anilines is 2. The van der Waals surface area contributed by atoms with Gasteiger partial charge in [0.05, 0.1) is 23.1 Å². The number of carbonyl (C=O) groups is 1. The summed E-state index contributed by atoms with van der Waals surface area (Å²) in [6.45, 7) is 6.53. The number of aliphatic imine (C=N–C) groups is 1. The standard InChI is InChI=1S/C26H32F3N7OS/c1-5-35-9-11-36(12-10-35)16-17-6-7-18(14-19(17)26(27,28)29)31-25-30-15-21-23(34(25)4)32(2)20-8-13-38-22(20)24(37)33(21)3/h6-8,13-15,23H,5,9-12,16H2,1-4H3,(H,30,31). The van der Waals surface area contributed by atoms with Gasteiger partial charge in [0.1, 0.15) is 11.0 Å². The summed E-state index contributed by atoms with van der Waals surface area (Å²) in [4.78, 5) is 27.9. The molecule has 0 radical (unpaired) electrons. The van der Waals surface area contributed by atoms with E-state index in [1.54, 1.807) is 30.3 Å². The Morgan fingerprint density at radius 3 is 2.45 bits per heavy atom. The number of likely N-dealkylation sites (N-methyl/N-ethyl adjacent to an activating group) is 4. The molecule has 38 heavy (non-hydrogen) atoms. The fourth-order valence-corrected chi connectivity index (χ4v) is 6.17. The molecule has 204 valence electrons. The lowest BCUT2D eigenvalue weighted by Gasteiger charge is -2.41. The van der Waals surface area contributed by atoms with Crippen molar-refractivity contribution in [1.82, 2.24) is 19.6 Å². The fourth-order valence-electron chi connectivity index (χ4n) is 5.27. The Morgan fingerprint density at radius 1 is 1.05 bits per heavy atom. The third kappa shape index (κ3) is 4.87. The van der Waals surface area contributed by atoms with Crippen LogP contribution in [-0.4, -0.2) is 91.5 Å². The monoisotopic (exact) mass is 547 g/mol. The minimum absolute atomic E-state index is 0.114. The quantitative estimate of drug-likeness (QED) is 0.625. The normalized spacial score (nSPS) is 21.1. The molecule has 0 aliphatic carbocycles. The maximum absolute atomic E-state index is 14.1. The second-order valence-electron chi connectivity index (χ2n) is 9.81. The van der Waals surface area contributed by atoms with Gasteiger partial charge in [-0.1, -0.05) is 13.0 Å². The van der Waals surface area contributed by atoms with Crippen LogP contribution in [0.5, 0.6) is 0 Å². The number of guanidine groups is 1. The van der Waals surface area contributed by atoms with E-state index in [1.807, 2.05) is 35.3 Å². The highest BCUT2D eigenvalue weighted by atomic mass is 32.1. The summed E-state index contributed by atoms with van der Waals surface area (Å²) in [6, 6.07) is 6.30. The van der Waals surface area contributed by atoms with E-state index < -0.39 is 11.7 Å². The second-order valence-corrected chi connectivity index (χ2v) is 10.7. The van der Waals surface area contributed by atoms with Crippen molar-refractivity contribution >= 4 is 34.6 Å². The molecule has 1 saturated heterocycles. The Labute approximate surface area is 224 Å². The van der Waals surface area contributed by atoms with Crippen LogP contribution in [0.3, 0.4) is 0 Å². The van der Waals surface area contributed by atoms with Crippen LogP contribution in [0.15, 0.2) is 46.5 Å². The average molecular weight is 548 g/mol. The molecular formula is C26H32F3N7OS. The topological polar surface area (TPSA) is 57.7 Å². The third-order valence-electron chi connectivity index (χ3n) is 7.54. The number of carbonyl (C=O) groups excluding carboxylic acids is 1. The van der Waals surface area contributed by atoms with Gasteiger partial charge in [0.2, 0.25) is 5.96 Å². The van der Waals surface area contributed by atoms with E-state index in [1.165, 1.54) is 11.3 Å². The van der Waals surface area contributed by atoms with Crippen molar-refractivity contribution in [3.05, 3.63) is 57.5 Å². The molecule has 4 heterocycles. The van der Waals surface area contributed by atoms with E-state index in [0.717, 1.165) is 44.5 Å². The van der Waals surface area contributed by atoms with Crippen LogP contribution in [0.25, 0.3) is 0 Å². The number of hydrogen-bond acceptors (Lipinski definition) is 8. The molecule has 0 spiro atoms. The Bertz CT molecular complexity index is 1270. The van der Waals surface area contributed by atoms with Crippen molar-refractivity contribution in [1.29, 1.82) is 0 Å². The van der Waals surface area contributed by atoms with Crippen molar-refractivity contribution in [2.24, 2.45) is 4.99 Å². The number of halogens is 3. The molecule has 1 unspecified atom stereocenters. The summed E-state index contributed by atoms with van der Waals surface area (Å²) in [6.07, 6.45) is -3.25. The molecule has 1 fully saturated rings. The van der Waals surface area contributed by atoms with Gasteiger partial charge in [0, 0.05) is 59.6 Å². The number of rotatable bonds is 4. The first-order valence-electron chi connectivity index (χ1n) is 12.6. The first-order valence-corrected chi connectivity index (χ1v) is 13.5. The number of hydrogen-bond donors (Lipinski definition) is 1. The van der Waals surface area contributed by atoms with Crippen LogP contribution in [-0.2, 0) is 12.7 Å². The van der Waals surface area contributed by atoms with Crippen LogP contribution in [0, 0.1) is 0 Å². The van der Waals surface area contributed by atoms with Crippen LogP contribution in [0.2, 0.25) is 0 Å². The van der Waals surface area contributed by atoms with Crippen molar-refractivity contribution < 1.29 is 18.0 Å². The molecule has 12 heteroatoms. The van der Waals surface area contributed by atoms with Crippen molar-refractivity contribution in [2.45, 2.75) is 25.8 Å². The van der Waals surface area contributed by atoms with Crippen molar-refractivity contribution in [3.63, 3.8) is 0 Å². The predicted molar refractivity (Wildman–Crippen MR) is 144 cm³/mol. The van der Waals surface area contributed by atoms with E-state index in [-0.39, 0.29) is 24.2 Å². The summed E-state index contributed by atoms with van der Waals surface area (Å²) in [5.74, 6) is 0.277. The van der Waals surface area contributed by atoms with Gasteiger partial charge in [-0.15, -0.1) is 11.3 Å². The zero-order valence-corrected chi connectivity index (χ0v) is 22.7. The Morgan fingerprint density at radius 2 is 1.76 bits per heavy atom. The maximum atomic E-state index is 14.1. The largest absolute Gasteiger partial charge is 0.416 e. The highest BCUT2D eigenvalue weighted by Gasteiger charge is 2.39. The molecular weight excluding hydrogens is 515 g/mol. The predicted octanol–water partition coefficient (Wildman–Crippen LogP) is 4.01. The number of nitrogens with one attached hydrogen (secondary N) is 1. The molecule has 0 saturated carbocycles. The lowest BCUT2D eigenvalue weighted by molar-refractivity contribution is -0.138. The van der Waals surface area contributed by atoms with E-state index in [9.17, 15) is 18.0 Å². The third-order valence-corrected chi connectivity index (χ3v) is 8.43. The maximum Gasteiger partial charge on any atom is 0.416 e. The van der Waals surface area contributed by atoms with E-state index in [0.29, 0.717) is 22.2 Å². The summed E-state index contributed by atoms with van der Waals surface area (Å²) in [5, 5.41) is 4.97.